The van der Waals surface area contributed by atoms with Gasteiger partial charge in [-0.1, -0.05) is 0 Å². The number of hydrogen-bond donors (Lipinski definition) is 0. The van der Waals surface area contributed by atoms with Crippen LogP contribution in [-0.4, -0.2) is 1080 Å². The van der Waals surface area contributed by atoms with E-state index in [9.17, 15) is 0 Å². The van der Waals surface area contributed by atoms with Crippen LogP contribution in [0.1, 0.15) is 0 Å². The van der Waals surface area contributed by atoms with Gasteiger partial charge in [-0.15, -0.1) is 0 Å². The summed E-state index contributed by atoms with van der Waals surface area (Å²) in [7, 11) is 0. The van der Waals surface area contributed by atoms with Crippen molar-refractivity contribution in [2.45, 2.75) is 0 Å². The molecular weight excluding hydrogens is 821 g/mol. The molecule has 21 heavy (non-hydrogen) atoms. The van der Waals surface area contributed by atoms with Gasteiger partial charge in [0.15, 0.2) is 0 Å². The van der Waals surface area contributed by atoms with Crippen molar-refractivity contribution in [2.24, 2.45) is 0 Å². The minimum atomic E-state index is 0. The normalized spacial score (nSPS) is 0. The average Bonchev–Trinajstić information content (AvgIpc) is 0. The fourth-order valence-electron chi connectivity index (χ4n) is 0. The van der Waals surface area contributed by atoms with Crippen LogP contribution in [0.25, 0.3) is 0 Å². The van der Waals surface area contributed by atoms with Gasteiger partial charge in [-0.05, 0) is 0 Å². The molecule has 0 spiro atoms. The maximum atomic E-state index is 0. The van der Waals surface area contributed by atoms with Gasteiger partial charge in [-0.3, -0.25) is 0 Å². The molecule has 0 aromatic heterocycles. The van der Waals surface area contributed by atoms with E-state index in [1.807, 2.05) is 0 Å². The van der Waals surface area contributed by atoms with Gasteiger partial charge in [0.2, 0.25) is 0 Å². The quantitative estimate of drug-likeness (QED) is 0.213. The summed E-state index contributed by atoms with van der Waals surface area (Å²) in [5.74, 6) is 0. The van der Waals surface area contributed by atoms with Crippen molar-refractivity contribution in [3.8, 4) is 0 Å². The predicted octanol–water partition coefficient (Wildman–Crippen LogP) is -13.6. The van der Waals surface area contributed by atoms with E-state index in [0.717, 1.165) is 0 Å². The SMILES string of the molecule is [KH].[KH].[KH].[KH].[KH].[KH].[KH].[KH].[KH].[KH].[KH].[KH].[KH].[KH].[KH].[KH].[KH].[KH].[KH].[KH].[KH]. The van der Waals surface area contributed by atoms with Gasteiger partial charge in [0, 0.05) is 0 Å². The van der Waals surface area contributed by atoms with Crippen LogP contribution in [-0.2, 0) is 0 Å². The molecule has 0 N–H and O–H groups in total. The van der Waals surface area contributed by atoms with E-state index in [-0.39, 0.29) is 1080 Å². The van der Waals surface area contributed by atoms with Crippen molar-refractivity contribution in [2.75, 3.05) is 0 Å². The van der Waals surface area contributed by atoms with Gasteiger partial charge in [0.05, 0.1) is 0 Å². The second kappa shape index (κ2) is 131. The van der Waals surface area contributed by atoms with Crippen LogP contribution in [0.15, 0.2) is 0 Å². The molecule has 0 rings (SSSR count). The van der Waals surface area contributed by atoms with Gasteiger partial charge in [-0.2, -0.15) is 0 Å². The van der Waals surface area contributed by atoms with Gasteiger partial charge in [-0.25, -0.2) is 0 Å². The molecule has 0 aliphatic heterocycles. The zero-order chi connectivity index (χ0) is 0. The molecule has 0 saturated heterocycles. The summed E-state index contributed by atoms with van der Waals surface area (Å²) in [6, 6.07) is 0. The van der Waals surface area contributed by atoms with Crippen LogP contribution in [0.5, 0.6) is 0 Å². The topological polar surface area (TPSA) is 0 Å². The molecular formula is H21K21. The summed E-state index contributed by atoms with van der Waals surface area (Å²) < 4.78 is 0. The van der Waals surface area contributed by atoms with Crippen LogP contribution in [0, 0.1) is 0 Å². The third kappa shape index (κ3) is 126. The second-order valence-electron chi connectivity index (χ2n) is 0. The van der Waals surface area contributed by atoms with Crippen molar-refractivity contribution < 1.29 is 0 Å². The summed E-state index contributed by atoms with van der Waals surface area (Å²) in [6.07, 6.45) is 0. The third-order valence-electron chi connectivity index (χ3n) is 0. The Balaban J connectivity index is 0. The first kappa shape index (κ1) is 139. The Kier molecular flexibility index (Phi) is 865. The molecule has 0 aromatic rings. The van der Waals surface area contributed by atoms with E-state index in [2.05, 4.69) is 0 Å². The fourth-order valence-corrected chi connectivity index (χ4v) is 0. The zero-order valence-corrected chi connectivity index (χ0v) is 0. The van der Waals surface area contributed by atoms with Crippen molar-refractivity contribution in [3.63, 3.8) is 0 Å². The Labute approximate surface area is 1030 Å². The third-order valence-corrected chi connectivity index (χ3v) is 0. The Morgan fingerprint density at radius 1 is 0.0476 bits per heavy atom. The van der Waals surface area contributed by atoms with Crippen LogP contribution in [0.4, 0.5) is 0 Å². The molecule has 0 aliphatic carbocycles. The summed E-state index contributed by atoms with van der Waals surface area (Å²) in [5.41, 5.74) is 0. The standard InChI is InChI=1S/21K.21H. The van der Waals surface area contributed by atoms with Gasteiger partial charge < -0.3 is 0 Å². The van der Waals surface area contributed by atoms with E-state index < -0.39 is 0 Å². The van der Waals surface area contributed by atoms with Gasteiger partial charge in [0.25, 0.3) is 0 Å². The maximum absolute atomic E-state index is 0. The monoisotopic (exact) mass is 839 g/mol. The van der Waals surface area contributed by atoms with Crippen LogP contribution in [0.2, 0.25) is 0 Å². The Hall–Kier alpha value is 34.4. The molecule has 0 aromatic carbocycles. The van der Waals surface area contributed by atoms with E-state index in [4.69, 9.17) is 0 Å². The molecule has 0 aliphatic rings. The molecule has 0 bridgehead atoms. The Morgan fingerprint density at radius 2 is 0.0476 bits per heavy atom. The first-order valence-electron chi connectivity index (χ1n) is 0. The second-order valence-corrected chi connectivity index (χ2v) is 0. The average molecular weight is 842 g/mol. The van der Waals surface area contributed by atoms with Gasteiger partial charge >= 0.3 is 1080 Å². The van der Waals surface area contributed by atoms with Crippen molar-refractivity contribution >= 4 is 1080 Å². The van der Waals surface area contributed by atoms with E-state index >= 15 is 0 Å². The molecule has 0 radical (unpaired) electrons. The molecule has 21 heteroatoms. The van der Waals surface area contributed by atoms with Crippen LogP contribution in [0.3, 0.4) is 0 Å². The molecule has 0 atom stereocenters. The first-order chi connectivity index (χ1) is 0. The van der Waals surface area contributed by atoms with E-state index in [1.54, 1.807) is 0 Å². The fraction of sp³-hybridized carbons (Fsp3) is 0. The van der Waals surface area contributed by atoms with Gasteiger partial charge in [0.1, 0.15) is 0 Å². The molecule has 0 unspecified atom stereocenters. The summed E-state index contributed by atoms with van der Waals surface area (Å²) in [4.78, 5) is 0. The number of hydrogen-bond acceptors (Lipinski definition) is 0. The number of rotatable bonds is 0. The summed E-state index contributed by atoms with van der Waals surface area (Å²) in [5, 5.41) is 0. The Bertz CT molecular complexity index is 0. The van der Waals surface area contributed by atoms with E-state index in [1.165, 1.54) is 0 Å². The van der Waals surface area contributed by atoms with Crippen molar-refractivity contribution in [3.05, 3.63) is 0 Å². The molecule has 0 amide bonds. The molecule has 0 heterocycles. The Morgan fingerprint density at radius 3 is 0.0476 bits per heavy atom. The van der Waals surface area contributed by atoms with Crippen molar-refractivity contribution in [1.29, 1.82) is 0 Å². The van der Waals surface area contributed by atoms with Crippen molar-refractivity contribution in [1.82, 2.24) is 0 Å². The minimum absolute atomic E-state index is 0. The molecule has 0 saturated carbocycles. The molecule has 42 valence electrons. The van der Waals surface area contributed by atoms with Crippen LogP contribution >= 0.6 is 0 Å². The summed E-state index contributed by atoms with van der Waals surface area (Å²) >= 11 is 0. The zero-order valence-electron chi connectivity index (χ0n) is 0. The molecule has 0 fully saturated rings. The van der Waals surface area contributed by atoms with E-state index in [0.29, 0.717) is 0 Å². The first-order valence-corrected chi connectivity index (χ1v) is 0. The summed E-state index contributed by atoms with van der Waals surface area (Å²) in [6.45, 7) is 0. The van der Waals surface area contributed by atoms with Crippen LogP contribution < -0.4 is 0 Å². The predicted molar refractivity (Wildman–Crippen MR) is 150 cm³/mol. The molecule has 0 nitrogen and oxygen atoms in total.